The van der Waals surface area contributed by atoms with Crippen molar-refractivity contribution in [3.8, 4) is 5.75 Å². The zero-order chi connectivity index (χ0) is 6.69. The van der Waals surface area contributed by atoms with Crippen LogP contribution in [-0.2, 0) is 229 Å². The summed E-state index contributed by atoms with van der Waals surface area (Å²) in [4.78, 5) is 0. The van der Waals surface area contributed by atoms with E-state index >= 15 is 0 Å². The molecule has 0 fully saturated rings. The van der Waals surface area contributed by atoms with Crippen LogP contribution in [0.3, 0.4) is 0 Å². The van der Waals surface area contributed by atoms with Crippen molar-refractivity contribution < 1.29 is 234 Å². The van der Waals surface area contributed by atoms with E-state index in [1.54, 1.807) is 12.1 Å². The summed E-state index contributed by atoms with van der Waals surface area (Å²) in [6, 6.07) is 7.09. The molecule has 1 rings (SSSR count). The van der Waals surface area contributed by atoms with E-state index in [1.165, 1.54) is 0 Å². The molecule has 0 amide bonds. The van der Waals surface area contributed by atoms with Crippen molar-refractivity contribution in [1.29, 1.82) is 0 Å². The molecule has 0 unspecified atom stereocenters. The number of hydrogen-bond acceptors (Lipinski definition) is 1. The van der Waals surface area contributed by atoms with Crippen molar-refractivity contribution in [3.63, 3.8) is 0 Å². The van der Waals surface area contributed by atoms with Gasteiger partial charge in [0.25, 0.3) is 0 Å². The average molecular weight is 744 g/mol. The SMILES string of the molecule is C[CH-]c1ccc(O)cc1.[Y].[Y].[Y].[Y].[Y].[Y].[Y]. The molecule has 1 aromatic rings. The van der Waals surface area contributed by atoms with Crippen LogP contribution in [0.5, 0.6) is 5.75 Å². The minimum Gasteiger partial charge on any atom is -0.510 e. The Morgan fingerprint density at radius 3 is 1.31 bits per heavy atom. The van der Waals surface area contributed by atoms with Gasteiger partial charge in [-0.05, 0) is 0 Å². The van der Waals surface area contributed by atoms with Crippen LogP contribution in [0.4, 0.5) is 0 Å². The van der Waals surface area contributed by atoms with Gasteiger partial charge < -0.3 is 5.11 Å². The van der Waals surface area contributed by atoms with Gasteiger partial charge in [0, 0.05) is 229 Å². The first-order chi connectivity index (χ1) is 4.33. The fourth-order valence-corrected chi connectivity index (χ4v) is 0.667. The number of rotatable bonds is 1. The van der Waals surface area contributed by atoms with Crippen molar-refractivity contribution in [3.05, 3.63) is 36.2 Å². The Hall–Kier alpha value is 6.62. The van der Waals surface area contributed by atoms with Crippen molar-refractivity contribution >= 4 is 0 Å². The molecule has 0 saturated heterocycles. The van der Waals surface area contributed by atoms with E-state index in [0.29, 0.717) is 5.75 Å². The number of benzene rings is 1. The Morgan fingerprint density at radius 2 is 1.06 bits per heavy atom. The Bertz CT molecular complexity index is 192. The summed E-state index contributed by atoms with van der Waals surface area (Å²) < 4.78 is 0. The van der Waals surface area contributed by atoms with Crippen molar-refractivity contribution in [2.75, 3.05) is 0 Å². The molecular formula is C8H9OY7-. The maximum atomic E-state index is 8.84. The molecule has 0 heterocycles. The Balaban J connectivity index is -0.0000000231. The predicted octanol–water partition coefficient (Wildman–Crippen LogP) is 1.95. The second-order valence-electron chi connectivity index (χ2n) is 1.88. The van der Waals surface area contributed by atoms with Crippen LogP contribution in [0.1, 0.15) is 12.5 Å². The van der Waals surface area contributed by atoms with Crippen LogP contribution < -0.4 is 0 Å². The van der Waals surface area contributed by atoms with Crippen LogP contribution in [0.2, 0.25) is 0 Å². The van der Waals surface area contributed by atoms with Gasteiger partial charge in [0.1, 0.15) is 0 Å². The molecule has 0 aliphatic carbocycles. The number of phenolic OH excluding ortho intramolecular Hbond substituents is 1. The van der Waals surface area contributed by atoms with Crippen LogP contribution in [0, 0.1) is 6.42 Å². The summed E-state index contributed by atoms with van der Waals surface area (Å²) in [5.41, 5.74) is 1.13. The van der Waals surface area contributed by atoms with E-state index in [9.17, 15) is 0 Å². The number of hydrogen-bond donors (Lipinski definition) is 1. The van der Waals surface area contributed by atoms with Gasteiger partial charge in [0.15, 0.2) is 0 Å². The Kier molecular flexibility index (Phi) is 80.2. The van der Waals surface area contributed by atoms with E-state index in [1.807, 2.05) is 25.5 Å². The standard InChI is InChI=1S/C8H9O.7Y/c1-2-7-3-5-8(9)6-4-7;;;;;;;/h2-6,9H,1H3;;;;;;;/q-1;;;;;;;. The van der Waals surface area contributed by atoms with E-state index in [0.717, 1.165) is 5.56 Å². The second-order valence-corrected chi connectivity index (χ2v) is 1.88. The maximum Gasteiger partial charge on any atom is 0.0910 e. The van der Waals surface area contributed by atoms with E-state index in [2.05, 4.69) is 0 Å². The molecule has 1 nitrogen and oxygen atoms in total. The Morgan fingerprint density at radius 1 is 0.750 bits per heavy atom. The fourth-order valence-electron chi connectivity index (χ4n) is 0.667. The topological polar surface area (TPSA) is 20.2 Å². The molecule has 0 aliphatic rings. The normalized spacial score (nSPS) is 5.06. The van der Waals surface area contributed by atoms with E-state index in [4.69, 9.17) is 5.11 Å². The molecule has 16 heavy (non-hydrogen) atoms. The van der Waals surface area contributed by atoms with Gasteiger partial charge in [-0.2, -0.15) is 24.1 Å². The minimum atomic E-state index is 0. The molecule has 1 aromatic carbocycles. The number of phenols is 1. The van der Waals surface area contributed by atoms with E-state index in [-0.39, 0.29) is 229 Å². The molecule has 0 spiro atoms. The van der Waals surface area contributed by atoms with Gasteiger partial charge in [-0.3, -0.25) is 0 Å². The van der Waals surface area contributed by atoms with Gasteiger partial charge in [0.2, 0.25) is 0 Å². The first-order valence-corrected chi connectivity index (χ1v) is 2.91. The van der Waals surface area contributed by atoms with Crippen molar-refractivity contribution in [2.24, 2.45) is 0 Å². The van der Waals surface area contributed by atoms with Gasteiger partial charge in [-0.1, -0.05) is 19.1 Å². The zero-order valence-electron chi connectivity index (χ0n) is 9.38. The van der Waals surface area contributed by atoms with Crippen LogP contribution in [0.25, 0.3) is 0 Å². The largest absolute Gasteiger partial charge is 0.510 e. The van der Waals surface area contributed by atoms with Crippen LogP contribution in [0.15, 0.2) is 24.3 Å². The third-order valence-electron chi connectivity index (χ3n) is 1.23. The minimum absolute atomic E-state index is 0. The third-order valence-corrected chi connectivity index (χ3v) is 1.23. The summed E-state index contributed by atoms with van der Waals surface area (Å²) in [6.07, 6.45) is 1.99. The summed E-state index contributed by atoms with van der Waals surface area (Å²) in [7, 11) is 0. The van der Waals surface area contributed by atoms with Crippen molar-refractivity contribution in [1.82, 2.24) is 0 Å². The molecule has 0 aromatic heterocycles. The molecular weight excluding hydrogens is 734 g/mol. The van der Waals surface area contributed by atoms with Gasteiger partial charge in [-0.15, -0.1) is 0 Å². The van der Waals surface area contributed by atoms with Gasteiger partial charge in [0.05, 0.1) is 5.75 Å². The molecule has 69 valence electrons. The molecule has 7 radical (unpaired) electrons. The molecule has 8 heteroatoms. The van der Waals surface area contributed by atoms with Crippen LogP contribution >= 0.6 is 0 Å². The average Bonchev–Trinajstić information content (AvgIpc) is 1.90. The molecule has 1 N–H and O–H groups in total. The zero-order valence-corrected chi connectivity index (χ0v) is 29.2. The van der Waals surface area contributed by atoms with Crippen molar-refractivity contribution in [2.45, 2.75) is 6.92 Å². The number of aromatic hydroxyl groups is 1. The summed E-state index contributed by atoms with van der Waals surface area (Å²) in [5.74, 6) is 0.320. The van der Waals surface area contributed by atoms with Crippen LogP contribution in [-0.4, -0.2) is 5.11 Å². The summed E-state index contributed by atoms with van der Waals surface area (Å²) in [5, 5.41) is 8.84. The molecule has 0 aliphatic heterocycles. The Labute approximate surface area is 275 Å². The monoisotopic (exact) mass is 743 g/mol. The third kappa shape index (κ3) is 22.9. The smallest absolute Gasteiger partial charge is 0.0910 e. The predicted molar refractivity (Wildman–Crippen MR) is 37.2 cm³/mol. The summed E-state index contributed by atoms with van der Waals surface area (Å²) >= 11 is 0. The quantitative estimate of drug-likeness (QED) is 0.437. The van der Waals surface area contributed by atoms with Gasteiger partial charge in [-0.25, -0.2) is 0 Å². The fraction of sp³-hybridized carbons (Fsp3) is 0.125. The first kappa shape index (κ1) is 43.3. The van der Waals surface area contributed by atoms with Gasteiger partial charge >= 0.3 is 0 Å². The summed E-state index contributed by atoms with van der Waals surface area (Å²) in [6.45, 7) is 1.96. The second kappa shape index (κ2) is 29.6. The molecule has 0 atom stereocenters. The first-order valence-electron chi connectivity index (χ1n) is 2.91. The van der Waals surface area contributed by atoms with E-state index < -0.39 is 0 Å². The molecule has 0 saturated carbocycles. The molecule has 0 bridgehead atoms. The maximum absolute atomic E-state index is 8.84.